The number of aromatic nitrogens is 3. The number of nitrogen functional groups attached to an aromatic ring is 1. The number of benzene rings is 2. The SMILES string of the molecule is C[C@H](NC(=O)c1cc(C(=O)O)cnc1NCc1ccc(-c2ccc3ncnc(N)c3c2)s1)c1ccc(F)c(F)c1. The Labute approximate surface area is 230 Å². The molecule has 202 valence electrons. The zero-order chi connectivity index (χ0) is 28.4. The van der Waals surface area contributed by atoms with E-state index in [-0.39, 0.29) is 16.9 Å². The van der Waals surface area contributed by atoms with E-state index in [4.69, 9.17) is 5.73 Å². The first kappa shape index (κ1) is 26.6. The van der Waals surface area contributed by atoms with Crippen LogP contribution >= 0.6 is 11.3 Å². The maximum atomic E-state index is 13.7. The molecule has 9 nitrogen and oxygen atoms in total. The van der Waals surface area contributed by atoms with Crippen LogP contribution in [0.2, 0.25) is 0 Å². The highest BCUT2D eigenvalue weighted by Gasteiger charge is 2.20. The molecule has 40 heavy (non-hydrogen) atoms. The first-order chi connectivity index (χ1) is 19.2. The largest absolute Gasteiger partial charge is 0.478 e. The molecule has 5 aromatic rings. The van der Waals surface area contributed by atoms with Crippen molar-refractivity contribution in [3.05, 3.63) is 100 Å². The Bertz CT molecular complexity index is 1760. The average molecular weight is 561 g/mol. The molecule has 0 unspecified atom stereocenters. The van der Waals surface area contributed by atoms with Crippen molar-refractivity contribution >= 4 is 45.8 Å². The summed E-state index contributed by atoms with van der Waals surface area (Å²) < 4.78 is 27.0. The number of thiophene rings is 1. The predicted molar refractivity (Wildman–Crippen MR) is 148 cm³/mol. The van der Waals surface area contributed by atoms with E-state index in [0.717, 1.165) is 44.6 Å². The molecule has 1 amide bonds. The van der Waals surface area contributed by atoms with Gasteiger partial charge < -0.3 is 21.5 Å². The van der Waals surface area contributed by atoms with E-state index in [9.17, 15) is 23.5 Å². The molecule has 3 heterocycles. The topological polar surface area (TPSA) is 143 Å². The molecule has 0 aliphatic carbocycles. The van der Waals surface area contributed by atoms with Gasteiger partial charge in [0.15, 0.2) is 11.6 Å². The number of amides is 1. The van der Waals surface area contributed by atoms with Gasteiger partial charge in [-0.2, -0.15) is 0 Å². The van der Waals surface area contributed by atoms with Crippen LogP contribution in [0.15, 0.2) is 67.1 Å². The summed E-state index contributed by atoms with van der Waals surface area (Å²) >= 11 is 1.52. The van der Waals surface area contributed by atoms with Crippen LogP contribution in [0, 0.1) is 11.6 Å². The van der Waals surface area contributed by atoms with Crippen molar-refractivity contribution in [2.24, 2.45) is 0 Å². The van der Waals surface area contributed by atoms with Gasteiger partial charge in [-0.05, 0) is 60.5 Å². The van der Waals surface area contributed by atoms with Crippen LogP contribution in [0.5, 0.6) is 0 Å². The van der Waals surface area contributed by atoms with Crippen molar-refractivity contribution in [1.29, 1.82) is 0 Å². The second kappa shape index (κ2) is 11.0. The fourth-order valence-electron chi connectivity index (χ4n) is 4.06. The van der Waals surface area contributed by atoms with E-state index in [1.54, 1.807) is 6.92 Å². The van der Waals surface area contributed by atoms with Gasteiger partial charge >= 0.3 is 5.97 Å². The first-order valence-corrected chi connectivity index (χ1v) is 12.8. The third-order valence-corrected chi connectivity index (χ3v) is 7.35. The molecule has 0 aliphatic rings. The zero-order valence-electron chi connectivity index (χ0n) is 21.0. The minimum absolute atomic E-state index is 0.00359. The molecule has 12 heteroatoms. The van der Waals surface area contributed by atoms with Crippen LogP contribution < -0.4 is 16.4 Å². The van der Waals surface area contributed by atoms with Gasteiger partial charge in [-0.15, -0.1) is 11.3 Å². The van der Waals surface area contributed by atoms with Crippen LogP contribution in [0.1, 0.15) is 44.1 Å². The Kier molecular flexibility index (Phi) is 7.34. The molecule has 0 radical (unpaired) electrons. The Morgan fingerprint density at radius 2 is 1.85 bits per heavy atom. The molecular formula is C28H22F2N6O3S. The summed E-state index contributed by atoms with van der Waals surface area (Å²) in [6, 6.07) is 13.5. The molecule has 0 fully saturated rings. The lowest BCUT2D eigenvalue weighted by Gasteiger charge is -2.17. The third kappa shape index (κ3) is 5.57. The highest BCUT2D eigenvalue weighted by atomic mass is 32.1. The van der Waals surface area contributed by atoms with E-state index < -0.39 is 29.6 Å². The number of hydrogen-bond donors (Lipinski definition) is 4. The highest BCUT2D eigenvalue weighted by molar-refractivity contribution is 7.15. The van der Waals surface area contributed by atoms with Crippen molar-refractivity contribution in [3.63, 3.8) is 0 Å². The number of pyridine rings is 1. The molecule has 1 atom stereocenters. The Morgan fingerprint density at radius 1 is 1.02 bits per heavy atom. The zero-order valence-corrected chi connectivity index (χ0v) is 21.8. The highest BCUT2D eigenvalue weighted by Crippen LogP contribution is 2.32. The molecule has 2 aromatic carbocycles. The number of halogens is 2. The van der Waals surface area contributed by atoms with Gasteiger partial charge in [-0.3, -0.25) is 4.79 Å². The standard InChI is InChI=1S/C28H22F2N6O3S/c1-14(15-2-5-21(29)22(30)10-15)36-27(37)20-9-17(28(38)39)11-32-26(20)33-12-18-4-7-24(40-18)16-3-6-23-19(8-16)25(31)35-13-34-23/h2-11,13-14H,12H2,1H3,(H,32,33)(H,36,37)(H,38,39)(H2,31,34,35)/t14-/m0/s1. The Morgan fingerprint density at radius 3 is 2.62 bits per heavy atom. The summed E-state index contributed by atoms with van der Waals surface area (Å²) in [4.78, 5) is 39.0. The number of aromatic carboxylic acids is 1. The normalized spacial score (nSPS) is 11.8. The number of fused-ring (bicyclic) bond motifs is 1. The number of nitrogens with one attached hydrogen (secondary N) is 2. The number of anilines is 2. The minimum atomic E-state index is -1.24. The summed E-state index contributed by atoms with van der Waals surface area (Å²) in [5, 5.41) is 16.0. The number of nitrogens with zero attached hydrogens (tertiary/aromatic N) is 3. The van der Waals surface area contributed by atoms with Gasteiger partial charge in [-0.1, -0.05) is 12.1 Å². The van der Waals surface area contributed by atoms with E-state index >= 15 is 0 Å². The lowest BCUT2D eigenvalue weighted by Crippen LogP contribution is -2.28. The minimum Gasteiger partial charge on any atom is -0.478 e. The maximum absolute atomic E-state index is 13.7. The Balaban J connectivity index is 1.35. The quantitative estimate of drug-likeness (QED) is 0.197. The molecule has 3 aromatic heterocycles. The molecule has 5 rings (SSSR count). The molecular weight excluding hydrogens is 538 g/mol. The number of carboxylic acid groups (broad SMARTS) is 1. The van der Waals surface area contributed by atoms with Crippen LogP contribution in [-0.4, -0.2) is 31.9 Å². The van der Waals surface area contributed by atoms with Gasteiger partial charge in [0.25, 0.3) is 5.91 Å². The van der Waals surface area contributed by atoms with Gasteiger partial charge in [0.1, 0.15) is 18.0 Å². The van der Waals surface area contributed by atoms with Gasteiger partial charge in [0.2, 0.25) is 0 Å². The fourth-order valence-corrected chi connectivity index (χ4v) is 5.01. The number of nitrogens with two attached hydrogens (primary N) is 1. The fraction of sp³-hybridized carbons (Fsp3) is 0.107. The molecule has 0 aliphatic heterocycles. The van der Waals surface area contributed by atoms with Crippen LogP contribution in [0.25, 0.3) is 21.3 Å². The molecule has 0 bridgehead atoms. The first-order valence-electron chi connectivity index (χ1n) is 12.0. The molecule has 5 N–H and O–H groups in total. The lowest BCUT2D eigenvalue weighted by molar-refractivity contribution is 0.0696. The predicted octanol–water partition coefficient (Wildman–Crippen LogP) is 5.42. The van der Waals surface area contributed by atoms with Gasteiger partial charge in [-0.25, -0.2) is 28.5 Å². The number of rotatable bonds is 8. The summed E-state index contributed by atoms with van der Waals surface area (Å²) in [6.45, 7) is 1.91. The van der Waals surface area contributed by atoms with E-state index in [2.05, 4.69) is 25.6 Å². The molecule has 0 saturated carbocycles. The van der Waals surface area contributed by atoms with Crippen LogP contribution in [-0.2, 0) is 6.54 Å². The maximum Gasteiger partial charge on any atom is 0.337 e. The van der Waals surface area contributed by atoms with E-state index in [1.807, 2.05) is 30.3 Å². The average Bonchev–Trinajstić information content (AvgIpc) is 3.42. The van der Waals surface area contributed by atoms with Crippen LogP contribution in [0.4, 0.5) is 20.4 Å². The molecule has 0 spiro atoms. The lowest BCUT2D eigenvalue weighted by atomic mass is 10.1. The third-order valence-electron chi connectivity index (χ3n) is 6.21. The summed E-state index contributed by atoms with van der Waals surface area (Å²) in [7, 11) is 0. The summed E-state index contributed by atoms with van der Waals surface area (Å²) in [5.41, 5.74) is 7.86. The van der Waals surface area contributed by atoms with Gasteiger partial charge in [0.05, 0.1) is 29.2 Å². The van der Waals surface area contributed by atoms with Crippen LogP contribution in [0.3, 0.4) is 0 Å². The van der Waals surface area contributed by atoms with Gasteiger partial charge in [0, 0.05) is 21.3 Å². The van der Waals surface area contributed by atoms with Crippen molar-refractivity contribution in [2.75, 3.05) is 11.1 Å². The number of carbonyl (C=O) groups excluding carboxylic acids is 1. The number of carboxylic acids is 1. The number of carbonyl (C=O) groups is 2. The van der Waals surface area contributed by atoms with E-state index in [1.165, 1.54) is 29.8 Å². The second-order valence-electron chi connectivity index (χ2n) is 8.90. The van der Waals surface area contributed by atoms with E-state index in [0.29, 0.717) is 17.9 Å². The smallest absolute Gasteiger partial charge is 0.337 e. The Hall–Kier alpha value is -4.97. The van der Waals surface area contributed by atoms with Crippen molar-refractivity contribution in [3.8, 4) is 10.4 Å². The monoisotopic (exact) mass is 560 g/mol. The summed E-state index contributed by atoms with van der Waals surface area (Å²) in [6.07, 6.45) is 2.57. The molecule has 0 saturated heterocycles. The second-order valence-corrected chi connectivity index (χ2v) is 10.1. The van der Waals surface area contributed by atoms with Crippen molar-refractivity contribution < 1.29 is 23.5 Å². The van der Waals surface area contributed by atoms with Crippen molar-refractivity contribution in [1.82, 2.24) is 20.3 Å². The summed E-state index contributed by atoms with van der Waals surface area (Å²) in [5.74, 6) is -3.34. The van der Waals surface area contributed by atoms with Crippen molar-refractivity contribution in [2.45, 2.75) is 19.5 Å². The number of hydrogen-bond acceptors (Lipinski definition) is 8.